The maximum atomic E-state index is 12.3. The lowest BCUT2D eigenvalue weighted by Crippen LogP contribution is -2.43. The summed E-state index contributed by atoms with van der Waals surface area (Å²) in [6, 6.07) is 6.27. The number of anilines is 1. The quantitative estimate of drug-likeness (QED) is 0.812. The highest BCUT2D eigenvalue weighted by atomic mass is 32.2. The predicted octanol–water partition coefficient (Wildman–Crippen LogP) is 3.30. The van der Waals surface area contributed by atoms with E-state index in [2.05, 4.69) is 39.4 Å². The van der Waals surface area contributed by atoms with Gasteiger partial charge in [-0.25, -0.2) is 9.19 Å². The molecule has 0 unspecified atom stereocenters. The molecule has 0 amide bonds. The van der Waals surface area contributed by atoms with Crippen LogP contribution in [0.1, 0.15) is 18.2 Å². The number of ether oxygens (including phenoxy) is 1. The van der Waals surface area contributed by atoms with Crippen molar-refractivity contribution in [3.8, 4) is 11.3 Å². The largest absolute Gasteiger partial charge is 0.377 e. The Morgan fingerprint density at radius 3 is 2.96 bits per heavy atom. The molecule has 27 heavy (non-hydrogen) atoms. The van der Waals surface area contributed by atoms with Crippen molar-refractivity contribution in [1.82, 2.24) is 9.97 Å². The maximum Gasteiger partial charge on any atom is 0.164 e. The van der Waals surface area contributed by atoms with Gasteiger partial charge in [-0.15, -0.1) is 0 Å². The summed E-state index contributed by atoms with van der Waals surface area (Å²) in [4.78, 5) is 11.5. The number of hydrogen-bond donors (Lipinski definition) is 0. The van der Waals surface area contributed by atoms with Crippen molar-refractivity contribution in [2.24, 2.45) is 4.36 Å². The minimum Gasteiger partial charge on any atom is -0.377 e. The van der Waals surface area contributed by atoms with Crippen LogP contribution in [0.2, 0.25) is 0 Å². The minimum absolute atomic E-state index is 0.262. The van der Waals surface area contributed by atoms with Gasteiger partial charge >= 0.3 is 0 Å². The second-order valence-electron chi connectivity index (χ2n) is 7.28. The number of nitrogens with zero attached hydrogens (tertiary/aromatic N) is 4. The second-order valence-corrected chi connectivity index (χ2v) is 9.83. The number of hydrogen-bond acceptors (Lipinski definition) is 6. The highest BCUT2D eigenvalue weighted by Crippen LogP contribution is 2.34. The first-order chi connectivity index (χ1) is 12.9. The van der Waals surface area contributed by atoms with E-state index in [1.807, 2.05) is 18.3 Å². The van der Waals surface area contributed by atoms with Crippen LogP contribution in [0.25, 0.3) is 17.3 Å². The average molecular weight is 385 g/mol. The number of aromatic nitrogens is 2. The first kappa shape index (κ1) is 18.1. The molecular formula is C20H24N4O2S. The van der Waals surface area contributed by atoms with Crippen LogP contribution < -0.4 is 4.90 Å². The molecule has 142 valence electrons. The van der Waals surface area contributed by atoms with Crippen LogP contribution in [0.5, 0.6) is 0 Å². The fourth-order valence-electron chi connectivity index (χ4n) is 3.57. The fraction of sp³-hybridized carbons (Fsp3) is 0.400. The summed E-state index contributed by atoms with van der Waals surface area (Å²) >= 11 is 0. The van der Waals surface area contributed by atoms with Gasteiger partial charge in [-0.1, -0.05) is 12.2 Å². The van der Waals surface area contributed by atoms with Gasteiger partial charge in [-0.05, 0) is 19.1 Å². The number of rotatable bonds is 3. The molecule has 0 aromatic carbocycles. The van der Waals surface area contributed by atoms with E-state index < -0.39 is 9.73 Å². The summed E-state index contributed by atoms with van der Waals surface area (Å²) < 4.78 is 22.2. The van der Waals surface area contributed by atoms with Gasteiger partial charge < -0.3 is 9.64 Å². The molecule has 0 N–H and O–H groups in total. The van der Waals surface area contributed by atoms with Crippen LogP contribution in [0, 0.1) is 0 Å². The monoisotopic (exact) mass is 384 g/mol. The zero-order chi connectivity index (χ0) is 19.0. The summed E-state index contributed by atoms with van der Waals surface area (Å²) in [5.41, 5.74) is 5.07. The molecule has 2 aromatic rings. The lowest BCUT2D eigenvalue weighted by atomic mass is 10.0. The summed E-state index contributed by atoms with van der Waals surface area (Å²) in [6.07, 6.45) is 10.1. The Morgan fingerprint density at radius 1 is 1.33 bits per heavy atom. The third kappa shape index (κ3) is 3.89. The summed E-state index contributed by atoms with van der Waals surface area (Å²) in [5.74, 6) is 0.503. The van der Waals surface area contributed by atoms with E-state index in [1.165, 1.54) is 0 Å². The highest BCUT2D eigenvalue weighted by Gasteiger charge is 2.22. The number of pyridine rings is 2. The third-order valence-corrected chi connectivity index (χ3v) is 5.38. The lowest BCUT2D eigenvalue weighted by Gasteiger charge is -2.35. The van der Waals surface area contributed by atoms with E-state index in [0.717, 1.165) is 41.2 Å². The van der Waals surface area contributed by atoms with Crippen LogP contribution in [0.15, 0.2) is 34.8 Å². The SMILES string of the molecule is C[C@@H]1COCCN1c1cc(N=S(C)(C)=O)nc(-c2ccnc3c2C=CC3)c1. The van der Waals surface area contributed by atoms with Crippen molar-refractivity contribution in [2.75, 3.05) is 37.2 Å². The molecule has 1 fully saturated rings. The topological polar surface area (TPSA) is 67.7 Å². The molecule has 0 spiro atoms. The third-order valence-electron chi connectivity index (χ3n) is 4.75. The second kappa shape index (κ2) is 7.05. The molecule has 2 aromatic heterocycles. The molecule has 1 atom stereocenters. The number of morpholine rings is 1. The normalized spacial score (nSPS) is 19.2. The van der Waals surface area contributed by atoms with Gasteiger partial charge in [0.15, 0.2) is 5.82 Å². The zero-order valence-corrected chi connectivity index (χ0v) is 16.7. The summed E-state index contributed by atoms with van der Waals surface area (Å²) in [5, 5.41) is 0. The number of allylic oxidation sites excluding steroid dienone is 1. The standard InChI is InChI=1S/C20H24N4O2S/c1-14-13-26-10-9-24(14)15-11-19(22-20(12-15)23-27(2,3)25)17-7-8-21-18-6-4-5-16(17)18/h4-5,7-8,11-12,14H,6,9-10,13H2,1-3H3/t14-/m1/s1. The molecule has 0 saturated carbocycles. The van der Waals surface area contributed by atoms with E-state index >= 15 is 0 Å². The van der Waals surface area contributed by atoms with E-state index in [-0.39, 0.29) is 6.04 Å². The van der Waals surface area contributed by atoms with Crippen molar-refractivity contribution in [3.05, 3.63) is 41.7 Å². The Hall–Kier alpha value is -2.25. The summed E-state index contributed by atoms with van der Waals surface area (Å²) in [6.45, 7) is 4.34. The van der Waals surface area contributed by atoms with Crippen molar-refractivity contribution < 1.29 is 8.95 Å². The van der Waals surface area contributed by atoms with E-state index in [4.69, 9.17) is 9.72 Å². The van der Waals surface area contributed by atoms with Gasteiger partial charge in [-0.2, -0.15) is 4.36 Å². The van der Waals surface area contributed by atoms with Gasteiger partial charge in [-0.3, -0.25) is 4.98 Å². The maximum absolute atomic E-state index is 12.3. The number of fused-ring (bicyclic) bond motifs is 1. The van der Waals surface area contributed by atoms with Crippen molar-refractivity contribution >= 4 is 27.3 Å². The van der Waals surface area contributed by atoms with Gasteiger partial charge in [0.1, 0.15) is 0 Å². The van der Waals surface area contributed by atoms with Crippen LogP contribution in [-0.4, -0.2) is 52.5 Å². The van der Waals surface area contributed by atoms with Crippen molar-refractivity contribution in [2.45, 2.75) is 19.4 Å². The van der Waals surface area contributed by atoms with E-state index in [9.17, 15) is 4.21 Å². The predicted molar refractivity (Wildman–Crippen MR) is 110 cm³/mol. The van der Waals surface area contributed by atoms with Crippen molar-refractivity contribution in [3.63, 3.8) is 0 Å². The van der Waals surface area contributed by atoms with E-state index in [1.54, 1.807) is 12.5 Å². The fourth-order valence-corrected chi connectivity index (χ4v) is 4.11. The molecule has 1 aliphatic carbocycles. The Balaban J connectivity index is 1.88. The molecule has 1 saturated heterocycles. The van der Waals surface area contributed by atoms with E-state index in [0.29, 0.717) is 19.0 Å². The first-order valence-electron chi connectivity index (χ1n) is 9.09. The molecular weight excluding hydrogens is 360 g/mol. The highest BCUT2D eigenvalue weighted by molar-refractivity contribution is 7.92. The lowest BCUT2D eigenvalue weighted by molar-refractivity contribution is 0.0989. The van der Waals surface area contributed by atoms with Crippen LogP contribution in [-0.2, 0) is 20.9 Å². The Bertz CT molecular complexity index is 1020. The molecule has 6 nitrogen and oxygen atoms in total. The molecule has 1 aliphatic heterocycles. The Kier molecular flexibility index (Phi) is 4.74. The first-order valence-corrected chi connectivity index (χ1v) is 11.4. The average Bonchev–Trinajstić information content (AvgIpc) is 3.09. The molecule has 2 aliphatic rings. The minimum atomic E-state index is -2.31. The molecule has 0 bridgehead atoms. The van der Waals surface area contributed by atoms with Crippen LogP contribution >= 0.6 is 0 Å². The van der Waals surface area contributed by atoms with Crippen LogP contribution in [0.3, 0.4) is 0 Å². The molecule has 3 heterocycles. The van der Waals surface area contributed by atoms with Gasteiger partial charge in [0.2, 0.25) is 0 Å². The summed E-state index contributed by atoms with van der Waals surface area (Å²) in [7, 11) is -2.31. The molecule has 4 rings (SSSR count). The van der Waals surface area contributed by atoms with Crippen molar-refractivity contribution in [1.29, 1.82) is 0 Å². The Morgan fingerprint density at radius 2 is 2.19 bits per heavy atom. The molecule has 0 radical (unpaired) electrons. The van der Waals surface area contributed by atoms with Gasteiger partial charge in [0.05, 0.1) is 24.6 Å². The van der Waals surface area contributed by atoms with Crippen LogP contribution in [0.4, 0.5) is 11.5 Å². The molecule has 7 heteroatoms. The smallest absolute Gasteiger partial charge is 0.164 e. The zero-order valence-electron chi connectivity index (χ0n) is 15.9. The Labute approximate surface area is 160 Å². The van der Waals surface area contributed by atoms with Gasteiger partial charge in [0, 0.05) is 70.3 Å². The van der Waals surface area contributed by atoms with Gasteiger partial charge in [0.25, 0.3) is 0 Å².